The Bertz CT molecular complexity index is 2100. The van der Waals surface area contributed by atoms with E-state index in [4.69, 9.17) is 9.47 Å². The quantitative estimate of drug-likeness (QED) is 0.0507. The molecule has 0 saturated heterocycles. The van der Waals surface area contributed by atoms with E-state index in [1.165, 1.54) is 157 Å². The first-order chi connectivity index (χ1) is 30.4. The molecular formula is C60H78O2. The smallest absolute Gasteiger partial charge is 0.0713 e. The molecule has 2 nitrogen and oxygen atoms in total. The highest BCUT2D eigenvalue weighted by atomic mass is 16.5. The van der Waals surface area contributed by atoms with Crippen LogP contribution in [0, 0.1) is 13.8 Å². The zero-order chi connectivity index (χ0) is 43.4. The molecule has 0 fully saturated rings. The van der Waals surface area contributed by atoms with Crippen molar-refractivity contribution in [3.8, 4) is 22.3 Å². The van der Waals surface area contributed by atoms with Gasteiger partial charge in [0.2, 0.25) is 0 Å². The molecule has 0 unspecified atom stereocenters. The predicted molar refractivity (Wildman–Crippen MR) is 265 cm³/mol. The Balaban J connectivity index is 1.40. The number of hydrogen-bond donors (Lipinski definition) is 0. The van der Waals surface area contributed by atoms with Crippen molar-refractivity contribution in [2.75, 3.05) is 26.4 Å². The Hall–Kier alpha value is -3.98. The summed E-state index contributed by atoms with van der Waals surface area (Å²) in [7, 11) is 0. The van der Waals surface area contributed by atoms with Crippen molar-refractivity contribution in [1.82, 2.24) is 0 Å². The summed E-state index contributed by atoms with van der Waals surface area (Å²) in [4.78, 5) is 0. The third-order valence-corrected chi connectivity index (χ3v) is 14.5. The SMILES string of the molecule is CCCCCCCCC1(CCCCCCCC)c2cc(C)ccc2-c2cc3c(cc21)-c1ccc(C)cc1C3(c1ccc(CCCOCC)cc1)c1ccc(CCCOCC)cc1. The number of rotatable bonds is 26. The van der Waals surface area contributed by atoms with E-state index in [1.54, 1.807) is 11.1 Å². The summed E-state index contributed by atoms with van der Waals surface area (Å²) in [5, 5.41) is 0. The first-order valence-corrected chi connectivity index (χ1v) is 25.2. The molecule has 0 amide bonds. The van der Waals surface area contributed by atoms with Crippen LogP contribution in [0.3, 0.4) is 0 Å². The Morgan fingerprint density at radius 2 is 0.790 bits per heavy atom. The summed E-state index contributed by atoms with van der Waals surface area (Å²) >= 11 is 0. The monoisotopic (exact) mass is 831 g/mol. The van der Waals surface area contributed by atoms with Gasteiger partial charge in [-0.3, -0.25) is 0 Å². The van der Waals surface area contributed by atoms with Gasteiger partial charge in [0.15, 0.2) is 0 Å². The van der Waals surface area contributed by atoms with Crippen LogP contribution in [-0.4, -0.2) is 26.4 Å². The van der Waals surface area contributed by atoms with Crippen molar-refractivity contribution in [3.63, 3.8) is 0 Å². The number of aryl methyl sites for hydroxylation is 4. The van der Waals surface area contributed by atoms with Crippen LogP contribution < -0.4 is 0 Å². The maximum Gasteiger partial charge on any atom is 0.0713 e. The lowest BCUT2D eigenvalue weighted by Crippen LogP contribution is -2.29. The summed E-state index contributed by atoms with van der Waals surface area (Å²) in [5.74, 6) is 0. The standard InChI is InChI=1S/C60H78O2/c1-7-11-13-15-17-19-37-59(38-20-18-16-14-12-8-2)55-41-45(5)25-35-51(55)53-44-58-54(43-56(53)59)52-36-26-46(6)42-57(52)60(58,49-31-27-47(28-32-49)23-21-39-61-9-3)50-33-29-48(30-34-50)24-22-40-62-10-4/h25-36,41-44H,7-24,37-40H2,1-6H3. The first-order valence-electron chi connectivity index (χ1n) is 25.2. The van der Waals surface area contributed by atoms with E-state index in [2.05, 4.69) is 139 Å². The average molecular weight is 831 g/mol. The molecule has 0 N–H and O–H groups in total. The Morgan fingerprint density at radius 1 is 0.387 bits per heavy atom. The molecule has 0 spiro atoms. The molecule has 0 atom stereocenters. The van der Waals surface area contributed by atoms with Crippen molar-refractivity contribution in [3.05, 3.63) is 153 Å². The van der Waals surface area contributed by atoms with Gasteiger partial charge in [0, 0.05) is 31.8 Å². The van der Waals surface area contributed by atoms with Gasteiger partial charge in [-0.1, -0.05) is 187 Å². The van der Waals surface area contributed by atoms with Crippen LogP contribution in [0.4, 0.5) is 0 Å². The molecule has 0 aromatic heterocycles. The fourth-order valence-electron chi connectivity index (χ4n) is 11.3. The van der Waals surface area contributed by atoms with Crippen LogP contribution in [0.2, 0.25) is 0 Å². The fourth-order valence-corrected chi connectivity index (χ4v) is 11.3. The van der Waals surface area contributed by atoms with Gasteiger partial charge in [-0.2, -0.15) is 0 Å². The minimum atomic E-state index is -0.450. The lowest BCUT2D eigenvalue weighted by molar-refractivity contribution is 0.145. The molecule has 330 valence electrons. The number of ether oxygens (including phenoxy) is 2. The molecule has 0 saturated carbocycles. The molecule has 0 radical (unpaired) electrons. The summed E-state index contributed by atoms with van der Waals surface area (Å²) in [6.07, 6.45) is 22.6. The van der Waals surface area contributed by atoms with Crippen LogP contribution >= 0.6 is 0 Å². The zero-order valence-corrected chi connectivity index (χ0v) is 39.6. The molecular weight excluding hydrogens is 753 g/mol. The molecule has 0 bridgehead atoms. The van der Waals surface area contributed by atoms with E-state index < -0.39 is 5.41 Å². The molecule has 0 heterocycles. The van der Waals surface area contributed by atoms with Crippen LogP contribution in [0.25, 0.3) is 22.3 Å². The Kier molecular flexibility index (Phi) is 16.4. The Morgan fingerprint density at radius 3 is 1.29 bits per heavy atom. The fraction of sp³-hybridized carbons (Fsp3) is 0.500. The van der Waals surface area contributed by atoms with E-state index in [9.17, 15) is 0 Å². The van der Waals surface area contributed by atoms with Crippen molar-refractivity contribution >= 4 is 0 Å². The van der Waals surface area contributed by atoms with Crippen molar-refractivity contribution in [1.29, 1.82) is 0 Å². The Labute approximate surface area is 377 Å². The highest BCUT2D eigenvalue weighted by Gasteiger charge is 2.50. The second-order valence-electron chi connectivity index (χ2n) is 18.9. The number of fused-ring (bicyclic) bond motifs is 6. The van der Waals surface area contributed by atoms with Gasteiger partial charge in [-0.15, -0.1) is 0 Å². The second kappa shape index (κ2) is 22.1. The van der Waals surface area contributed by atoms with E-state index >= 15 is 0 Å². The molecule has 62 heavy (non-hydrogen) atoms. The van der Waals surface area contributed by atoms with Crippen molar-refractivity contribution in [2.24, 2.45) is 0 Å². The number of unbranched alkanes of at least 4 members (excludes halogenated alkanes) is 10. The predicted octanol–water partition coefficient (Wildman–Crippen LogP) is 16.4. The third-order valence-electron chi connectivity index (χ3n) is 14.5. The lowest BCUT2D eigenvalue weighted by Gasteiger charge is -2.35. The van der Waals surface area contributed by atoms with Gasteiger partial charge in [-0.05, 0) is 145 Å². The molecule has 5 aromatic carbocycles. The maximum absolute atomic E-state index is 5.73. The van der Waals surface area contributed by atoms with Gasteiger partial charge in [0.1, 0.15) is 0 Å². The van der Waals surface area contributed by atoms with E-state index in [0.717, 1.165) is 52.1 Å². The van der Waals surface area contributed by atoms with E-state index in [0.29, 0.717) is 0 Å². The maximum atomic E-state index is 5.73. The summed E-state index contributed by atoms with van der Waals surface area (Å²) < 4.78 is 11.5. The highest BCUT2D eigenvalue weighted by Crippen LogP contribution is 2.62. The van der Waals surface area contributed by atoms with Crippen LogP contribution in [0.1, 0.15) is 186 Å². The van der Waals surface area contributed by atoms with Crippen LogP contribution in [0.5, 0.6) is 0 Å². The van der Waals surface area contributed by atoms with E-state index in [-0.39, 0.29) is 5.41 Å². The average Bonchev–Trinajstić information content (AvgIpc) is 3.71. The van der Waals surface area contributed by atoms with Gasteiger partial charge < -0.3 is 9.47 Å². The van der Waals surface area contributed by atoms with Gasteiger partial charge >= 0.3 is 0 Å². The van der Waals surface area contributed by atoms with Gasteiger partial charge in [-0.25, -0.2) is 0 Å². The zero-order valence-electron chi connectivity index (χ0n) is 39.6. The van der Waals surface area contributed by atoms with Gasteiger partial charge in [0.05, 0.1) is 5.41 Å². The number of hydrogen-bond acceptors (Lipinski definition) is 2. The molecule has 2 aliphatic rings. The summed E-state index contributed by atoms with van der Waals surface area (Å²) in [5.41, 5.74) is 19.6. The van der Waals surface area contributed by atoms with E-state index in [1.807, 2.05) is 0 Å². The normalized spacial score (nSPS) is 14.2. The summed E-state index contributed by atoms with van der Waals surface area (Å²) in [6, 6.07) is 39.6. The summed E-state index contributed by atoms with van der Waals surface area (Å²) in [6.45, 7) is 16.6. The molecule has 5 aromatic rings. The molecule has 2 aliphatic carbocycles. The molecule has 7 rings (SSSR count). The van der Waals surface area contributed by atoms with Gasteiger partial charge in [0.25, 0.3) is 0 Å². The highest BCUT2D eigenvalue weighted by molar-refractivity contribution is 5.92. The lowest BCUT2D eigenvalue weighted by atomic mass is 9.66. The largest absolute Gasteiger partial charge is 0.382 e. The minimum absolute atomic E-state index is 0.0314. The minimum Gasteiger partial charge on any atom is -0.382 e. The van der Waals surface area contributed by atoms with Crippen LogP contribution in [-0.2, 0) is 33.1 Å². The van der Waals surface area contributed by atoms with Crippen molar-refractivity contribution in [2.45, 2.75) is 168 Å². The third kappa shape index (κ3) is 9.73. The second-order valence-corrected chi connectivity index (χ2v) is 18.9. The molecule has 0 aliphatic heterocycles. The van der Waals surface area contributed by atoms with Crippen molar-refractivity contribution < 1.29 is 9.47 Å². The van der Waals surface area contributed by atoms with Crippen LogP contribution in [0.15, 0.2) is 97.1 Å². The topological polar surface area (TPSA) is 18.5 Å². The number of benzene rings is 5. The first kappa shape index (κ1) is 46.0. The molecule has 2 heteroatoms.